The monoisotopic (exact) mass is 342 g/mol. The first-order chi connectivity index (χ1) is 10.8. The molecule has 0 saturated heterocycles. The third kappa shape index (κ3) is 7.64. The summed E-state index contributed by atoms with van der Waals surface area (Å²) in [6, 6.07) is 6.24. The van der Waals surface area contributed by atoms with Gasteiger partial charge in [0, 0.05) is 24.2 Å². The molecule has 1 amide bonds. The molecule has 1 aromatic carbocycles. The zero-order valence-corrected chi connectivity index (χ0v) is 13.9. The SMILES string of the molecule is CCCS(=O)(=O)Nc1cccc(C(=O)NCCCCC(=O)O)c1. The number of carbonyl (C=O) groups excluding carboxylic acids is 1. The van der Waals surface area contributed by atoms with E-state index >= 15 is 0 Å². The van der Waals surface area contributed by atoms with Crippen LogP contribution in [-0.2, 0) is 14.8 Å². The van der Waals surface area contributed by atoms with Gasteiger partial charge in [0.1, 0.15) is 0 Å². The van der Waals surface area contributed by atoms with Crippen molar-refractivity contribution in [1.82, 2.24) is 5.32 Å². The fraction of sp³-hybridized carbons (Fsp3) is 0.467. The van der Waals surface area contributed by atoms with E-state index < -0.39 is 16.0 Å². The maximum atomic E-state index is 12.0. The number of carbonyl (C=O) groups is 2. The molecule has 0 radical (unpaired) electrons. The van der Waals surface area contributed by atoms with Crippen molar-refractivity contribution in [2.24, 2.45) is 0 Å². The van der Waals surface area contributed by atoms with E-state index in [1.807, 2.05) is 0 Å². The quantitative estimate of drug-likeness (QED) is 0.561. The summed E-state index contributed by atoms with van der Waals surface area (Å²) in [7, 11) is -3.40. The summed E-state index contributed by atoms with van der Waals surface area (Å²) in [5, 5.41) is 11.2. The van der Waals surface area contributed by atoms with Crippen LogP contribution in [0, 0.1) is 0 Å². The second-order valence-corrected chi connectivity index (χ2v) is 6.95. The van der Waals surface area contributed by atoms with Gasteiger partial charge in [0.15, 0.2) is 0 Å². The van der Waals surface area contributed by atoms with Crippen molar-refractivity contribution in [3.8, 4) is 0 Å². The van der Waals surface area contributed by atoms with E-state index in [2.05, 4.69) is 10.0 Å². The fourth-order valence-electron chi connectivity index (χ4n) is 1.93. The van der Waals surface area contributed by atoms with Gasteiger partial charge in [0.2, 0.25) is 10.0 Å². The van der Waals surface area contributed by atoms with Gasteiger partial charge in [-0.2, -0.15) is 0 Å². The Balaban J connectivity index is 2.55. The van der Waals surface area contributed by atoms with E-state index in [1.165, 1.54) is 6.07 Å². The topological polar surface area (TPSA) is 113 Å². The molecule has 0 aliphatic carbocycles. The van der Waals surface area contributed by atoms with E-state index in [0.717, 1.165) is 0 Å². The third-order valence-corrected chi connectivity index (χ3v) is 4.47. The number of aliphatic carboxylic acids is 1. The predicted octanol–water partition coefficient (Wildman–Crippen LogP) is 1.82. The molecular formula is C15H22N2O5S. The van der Waals surface area contributed by atoms with E-state index in [4.69, 9.17) is 5.11 Å². The molecule has 0 fully saturated rings. The molecule has 0 atom stereocenters. The molecule has 0 unspecified atom stereocenters. The number of hydrogen-bond donors (Lipinski definition) is 3. The number of anilines is 1. The molecule has 0 aliphatic rings. The van der Waals surface area contributed by atoms with Gasteiger partial charge in [-0.25, -0.2) is 8.42 Å². The molecule has 1 rings (SSSR count). The number of nitrogens with one attached hydrogen (secondary N) is 2. The van der Waals surface area contributed by atoms with E-state index in [9.17, 15) is 18.0 Å². The number of unbranched alkanes of at least 4 members (excludes halogenated alkanes) is 1. The number of amides is 1. The smallest absolute Gasteiger partial charge is 0.303 e. The Morgan fingerprint density at radius 1 is 1.22 bits per heavy atom. The molecule has 0 aromatic heterocycles. The minimum Gasteiger partial charge on any atom is -0.481 e. The number of hydrogen-bond acceptors (Lipinski definition) is 4. The van der Waals surface area contributed by atoms with Gasteiger partial charge < -0.3 is 10.4 Å². The van der Waals surface area contributed by atoms with Crippen molar-refractivity contribution in [1.29, 1.82) is 0 Å². The molecule has 0 saturated carbocycles. The lowest BCUT2D eigenvalue weighted by molar-refractivity contribution is -0.137. The Hall–Kier alpha value is -2.09. The largest absolute Gasteiger partial charge is 0.481 e. The summed E-state index contributed by atoms with van der Waals surface area (Å²) in [6.07, 6.45) is 1.64. The standard InChI is InChI=1S/C15H22N2O5S/c1-2-10-23(21,22)17-13-7-5-6-12(11-13)15(20)16-9-4-3-8-14(18)19/h5-7,11,17H,2-4,8-10H2,1H3,(H,16,20)(H,18,19). The normalized spacial score (nSPS) is 11.0. The summed E-state index contributed by atoms with van der Waals surface area (Å²) in [4.78, 5) is 22.4. The van der Waals surface area contributed by atoms with Crippen LogP contribution in [0.2, 0.25) is 0 Å². The second-order valence-electron chi connectivity index (χ2n) is 5.11. The molecule has 0 heterocycles. The summed E-state index contributed by atoms with van der Waals surface area (Å²) in [5.74, 6) is -1.16. The molecular weight excluding hydrogens is 320 g/mol. The Morgan fingerprint density at radius 2 is 1.96 bits per heavy atom. The molecule has 23 heavy (non-hydrogen) atoms. The van der Waals surface area contributed by atoms with Crippen LogP contribution >= 0.6 is 0 Å². The van der Waals surface area contributed by atoms with Gasteiger partial charge in [-0.1, -0.05) is 13.0 Å². The van der Waals surface area contributed by atoms with Crippen LogP contribution in [0.4, 0.5) is 5.69 Å². The van der Waals surface area contributed by atoms with Crippen molar-refractivity contribution in [3.05, 3.63) is 29.8 Å². The number of benzene rings is 1. The summed E-state index contributed by atoms with van der Waals surface area (Å²) in [5.41, 5.74) is 0.692. The highest BCUT2D eigenvalue weighted by atomic mass is 32.2. The van der Waals surface area contributed by atoms with Crippen molar-refractivity contribution < 1.29 is 23.1 Å². The molecule has 0 bridgehead atoms. The first kappa shape index (κ1) is 19.0. The van der Waals surface area contributed by atoms with E-state index in [0.29, 0.717) is 37.1 Å². The van der Waals surface area contributed by atoms with Crippen molar-refractivity contribution in [3.63, 3.8) is 0 Å². The van der Waals surface area contributed by atoms with Gasteiger partial charge >= 0.3 is 5.97 Å². The van der Waals surface area contributed by atoms with Crippen molar-refractivity contribution >= 4 is 27.6 Å². The van der Waals surface area contributed by atoms with E-state index in [1.54, 1.807) is 25.1 Å². The summed E-state index contributed by atoms with van der Waals surface area (Å²) in [6.45, 7) is 2.14. The first-order valence-electron chi connectivity index (χ1n) is 7.44. The Bertz CT molecular complexity index is 643. The molecule has 3 N–H and O–H groups in total. The van der Waals surface area contributed by atoms with Crippen LogP contribution in [0.1, 0.15) is 43.0 Å². The van der Waals surface area contributed by atoms with Gasteiger partial charge in [-0.15, -0.1) is 0 Å². The van der Waals surface area contributed by atoms with Gasteiger partial charge in [0.05, 0.1) is 5.75 Å². The molecule has 128 valence electrons. The van der Waals surface area contributed by atoms with Crippen molar-refractivity contribution in [2.45, 2.75) is 32.6 Å². The van der Waals surface area contributed by atoms with Crippen LogP contribution in [0.3, 0.4) is 0 Å². The van der Waals surface area contributed by atoms with Gasteiger partial charge in [0.25, 0.3) is 5.91 Å². The molecule has 0 aliphatic heterocycles. The van der Waals surface area contributed by atoms with Crippen molar-refractivity contribution in [2.75, 3.05) is 17.0 Å². The maximum Gasteiger partial charge on any atom is 0.303 e. The van der Waals surface area contributed by atoms with Gasteiger partial charge in [-0.3, -0.25) is 14.3 Å². The van der Waals surface area contributed by atoms with E-state index in [-0.39, 0.29) is 18.1 Å². The van der Waals surface area contributed by atoms with Crippen LogP contribution in [0.25, 0.3) is 0 Å². The number of carboxylic acids is 1. The predicted molar refractivity (Wildman–Crippen MR) is 88.0 cm³/mol. The molecule has 1 aromatic rings. The lowest BCUT2D eigenvalue weighted by Crippen LogP contribution is -2.24. The Kier molecular flexibility index (Phi) is 7.53. The minimum atomic E-state index is -3.40. The maximum absolute atomic E-state index is 12.0. The average molecular weight is 342 g/mol. The van der Waals surface area contributed by atoms with Crippen LogP contribution < -0.4 is 10.0 Å². The summed E-state index contributed by atoms with van der Waals surface area (Å²) < 4.78 is 25.9. The minimum absolute atomic E-state index is 0.0208. The molecule has 0 spiro atoms. The molecule has 7 nitrogen and oxygen atoms in total. The number of sulfonamides is 1. The highest BCUT2D eigenvalue weighted by Crippen LogP contribution is 2.13. The highest BCUT2D eigenvalue weighted by Gasteiger charge is 2.11. The second kappa shape index (κ2) is 9.14. The molecule has 8 heteroatoms. The van der Waals surface area contributed by atoms with Crippen LogP contribution in [0.5, 0.6) is 0 Å². The highest BCUT2D eigenvalue weighted by molar-refractivity contribution is 7.92. The third-order valence-electron chi connectivity index (χ3n) is 2.97. The Morgan fingerprint density at radius 3 is 2.61 bits per heavy atom. The first-order valence-corrected chi connectivity index (χ1v) is 9.10. The lowest BCUT2D eigenvalue weighted by atomic mass is 10.2. The van der Waals surface area contributed by atoms with Crippen LogP contribution in [0.15, 0.2) is 24.3 Å². The number of rotatable bonds is 10. The zero-order valence-electron chi connectivity index (χ0n) is 13.0. The summed E-state index contributed by atoms with van der Waals surface area (Å²) >= 11 is 0. The lowest BCUT2D eigenvalue weighted by Gasteiger charge is -2.09. The number of carboxylic acid groups (broad SMARTS) is 1. The fourth-order valence-corrected chi connectivity index (χ4v) is 3.05. The van der Waals surface area contributed by atoms with Gasteiger partial charge in [-0.05, 0) is 37.5 Å². The average Bonchev–Trinajstić information content (AvgIpc) is 2.46. The Labute approximate surface area is 136 Å². The van der Waals surface area contributed by atoms with Crippen LogP contribution in [-0.4, -0.2) is 37.7 Å². The zero-order chi connectivity index (χ0) is 17.3.